The number of nitrogens with zero attached hydrogens (tertiary/aromatic N) is 2. The Morgan fingerprint density at radius 3 is 2.50 bits per heavy atom. The first-order valence-corrected chi connectivity index (χ1v) is 9.64. The van der Waals surface area contributed by atoms with Crippen LogP contribution in [0.5, 0.6) is 0 Å². The zero-order valence-corrected chi connectivity index (χ0v) is 16.4. The molecule has 0 aliphatic carbocycles. The van der Waals surface area contributed by atoms with Crippen molar-refractivity contribution in [1.82, 2.24) is 20.6 Å². The summed E-state index contributed by atoms with van der Waals surface area (Å²) in [7, 11) is 0. The summed E-state index contributed by atoms with van der Waals surface area (Å²) in [6, 6.07) is 13.4. The van der Waals surface area contributed by atoms with E-state index in [2.05, 4.69) is 31.9 Å². The van der Waals surface area contributed by atoms with E-state index in [9.17, 15) is 9.59 Å². The zero-order valence-electron chi connectivity index (χ0n) is 14.0. The lowest BCUT2D eigenvalue weighted by Crippen LogP contribution is -2.41. The number of hydrogen-bond donors (Lipinski definition) is 2. The van der Waals surface area contributed by atoms with Crippen molar-refractivity contribution in [1.29, 1.82) is 0 Å². The molecule has 0 aliphatic rings. The minimum atomic E-state index is -0.384. The Hall–Kier alpha value is -2.45. The van der Waals surface area contributed by atoms with Gasteiger partial charge >= 0.3 is 0 Å². The number of halogens is 1. The van der Waals surface area contributed by atoms with E-state index in [1.807, 2.05) is 41.9 Å². The van der Waals surface area contributed by atoms with E-state index >= 15 is 0 Å². The maximum atomic E-state index is 12.4. The molecule has 0 unspecified atom stereocenters. The van der Waals surface area contributed by atoms with Crippen molar-refractivity contribution in [3.05, 3.63) is 74.1 Å². The van der Waals surface area contributed by atoms with Crippen LogP contribution in [0, 0.1) is 0 Å². The smallest absolute Gasteiger partial charge is 0.267 e. The molecule has 3 aromatic rings. The summed E-state index contributed by atoms with van der Waals surface area (Å²) in [5.74, 6) is -0.742. The van der Waals surface area contributed by atoms with Crippen molar-refractivity contribution in [2.75, 3.05) is 0 Å². The lowest BCUT2D eigenvalue weighted by molar-refractivity contribution is 0.0848. The summed E-state index contributed by atoms with van der Waals surface area (Å²) in [4.78, 5) is 25.0. The van der Waals surface area contributed by atoms with Gasteiger partial charge in [0.1, 0.15) is 0 Å². The van der Waals surface area contributed by atoms with Crippen LogP contribution in [0.15, 0.2) is 52.4 Å². The van der Waals surface area contributed by atoms with Crippen LogP contribution in [0.25, 0.3) is 0 Å². The van der Waals surface area contributed by atoms with Gasteiger partial charge in [-0.3, -0.25) is 25.1 Å². The van der Waals surface area contributed by atoms with Crippen LogP contribution in [0.4, 0.5) is 0 Å². The fourth-order valence-corrected chi connectivity index (χ4v) is 3.83. The summed E-state index contributed by atoms with van der Waals surface area (Å²) < 4.78 is 2.66. The minimum absolute atomic E-state index is 0.358. The number of aromatic nitrogens is 2. The number of nitrogens with one attached hydrogen (secondary N) is 2. The molecule has 0 bridgehead atoms. The predicted molar refractivity (Wildman–Crippen MR) is 104 cm³/mol. The fourth-order valence-electron chi connectivity index (χ4n) is 2.54. The Balaban J connectivity index is 1.68. The zero-order chi connectivity index (χ0) is 18.5. The van der Waals surface area contributed by atoms with Gasteiger partial charge in [-0.05, 0) is 40.0 Å². The molecule has 0 saturated heterocycles. The highest BCUT2D eigenvalue weighted by atomic mass is 79.9. The van der Waals surface area contributed by atoms with Crippen molar-refractivity contribution in [2.45, 2.75) is 19.9 Å². The molecule has 2 aromatic heterocycles. The highest BCUT2D eigenvalue weighted by molar-refractivity contribution is 9.11. The highest BCUT2D eigenvalue weighted by Gasteiger charge is 2.17. The van der Waals surface area contributed by atoms with E-state index in [0.717, 1.165) is 15.0 Å². The molecule has 134 valence electrons. The molecule has 0 aliphatic heterocycles. The van der Waals surface area contributed by atoms with E-state index in [-0.39, 0.29) is 11.8 Å². The standard InChI is InChI=1S/C18H17BrN4O2S/c1-2-14-13(10-20-23(14)11-12-6-4-3-5-7-12)17(24)21-22-18(25)15-8-9-16(19)26-15/h3-10H,2,11H2,1H3,(H,21,24)(H,22,25). The molecule has 2 N–H and O–H groups in total. The second kappa shape index (κ2) is 8.29. The van der Waals surface area contributed by atoms with Crippen molar-refractivity contribution < 1.29 is 9.59 Å². The number of hydrogen-bond acceptors (Lipinski definition) is 4. The molecule has 0 saturated carbocycles. The lowest BCUT2D eigenvalue weighted by atomic mass is 10.2. The van der Waals surface area contributed by atoms with E-state index in [1.54, 1.807) is 12.1 Å². The molecule has 3 rings (SSSR count). The van der Waals surface area contributed by atoms with Gasteiger partial charge in [-0.15, -0.1) is 11.3 Å². The predicted octanol–water partition coefficient (Wildman–Crippen LogP) is 3.39. The van der Waals surface area contributed by atoms with Gasteiger partial charge in [0.2, 0.25) is 0 Å². The number of thiophene rings is 1. The monoisotopic (exact) mass is 432 g/mol. The van der Waals surface area contributed by atoms with Gasteiger partial charge < -0.3 is 0 Å². The van der Waals surface area contributed by atoms with Crippen LogP contribution < -0.4 is 10.9 Å². The van der Waals surface area contributed by atoms with Gasteiger partial charge in [0.05, 0.1) is 32.7 Å². The molecule has 2 amide bonds. The van der Waals surface area contributed by atoms with E-state index in [0.29, 0.717) is 23.4 Å². The number of carbonyl (C=O) groups is 2. The van der Waals surface area contributed by atoms with Crippen LogP contribution >= 0.6 is 27.3 Å². The first-order chi connectivity index (χ1) is 12.6. The number of rotatable bonds is 5. The normalized spacial score (nSPS) is 10.5. The molecule has 6 nitrogen and oxygen atoms in total. The number of benzene rings is 1. The molecule has 0 fully saturated rings. The maximum Gasteiger partial charge on any atom is 0.279 e. The van der Waals surface area contributed by atoms with Gasteiger partial charge in [-0.2, -0.15) is 5.10 Å². The van der Waals surface area contributed by atoms with Crippen LogP contribution in [-0.2, 0) is 13.0 Å². The Labute approximate surface area is 163 Å². The van der Waals surface area contributed by atoms with Gasteiger partial charge in [-0.1, -0.05) is 37.3 Å². The first-order valence-electron chi connectivity index (χ1n) is 8.03. The molecule has 0 radical (unpaired) electrons. The third kappa shape index (κ3) is 4.20. The SMILES string of the molecule is CCc1c(C(=O)NNC(=O)c2ccc(Br)s2)cnn1Cc1ccccc1. The average Bonchev–Trinajstić information content (AvgIpc) is 3.26. The second-order valence-electron chi connectivity index (χ2n) is 5.51. The molecule has 2 heterocycles. The summed E-state index contributed by atoms with van der Waals surface area (Å²) in [6.07, 6.45) is 2.19. The largest absolute Gasteiger partial charge is 0.279 e. The molecule has 0 spiro atoms. The van der Waals surface area contributed by atoms with Crippen molar-refractivity contribution in [3.63, 3.8) is 0 Å². The average molecular weight is 433 g/mol. The molecular weight excluding hydrogens is 416 g/mol. The number of carbonyl (C=O) groups excluding carboxylic acids is 2. The first kappa shape index (κ1) is 18.3. The third-order valence-corrected chi connectivity index (χ3v) is 5.41. The van der Waals surface area contributed by atoms with E-state index in [1.165, 1.54) is 17.5 Å². The van der Waals surface area contributed by atoms with Crippen LogP contribution in [0.3, 0.4) is 0 Å². The minimum Gasteiger partial charge on any atom is -0.267 e. The van der Waals surface area contributed by atoms with Gasteiger partial charge in [-0.25, -0.2) is 0 Å². The molecule has 1 aromatic carbocycles. The van der Waals surface area contributed by atoms with Crippen LogP contribution in [0.1, 0.15) is 38.2 Å². The Bertz CT molecular complexity index is 920. The summed E-state index contributed by atoms with van der Waals surface area (Å²) in [5, 5.41) is 4.33. The number of hydrazine groups is 1. The van der Waals surface area contributed by atoms with Gasteiger partial charge in [0, 0.05) is 0 Å². The van der Waals surface area contributed by atoms with Crippen LogP contribution in [0.2, 0.25) is 0 Å². The summed E-state index contributed by atoms with van der Waals surface area (Å²) in [6.45, 7) is 2.56. The van der Waals surface area contributed by atoms with Gasteiger partial charge in [0.25, 0.3) is 11.8 Å². The second-order valence-corrected chi connectivity index (χ2v) is 7.98. The number of amides is 2. The van der Waals surface area contributed by atoms with Crippen molar-refractivity contribution in [3.8, 4) is 0 Å². The quantitative estimate of drug-likeness (QED) is 0.606. The summed E-state index contributed by atoms with van der Waals surface area (Å²) >= 11 is 4.60. The highest BCUT2D eigenvalue weighted by Crippen LogP contribution is 2.21. The Morgan fingerprint density at radius 2 is 1.85 bits per heavy atom. The Morgan fingerprint density at radius 1 is 1.12 bits per heavy atom. The maximum absolute atomic E-state index is 12.4. The van der Waals surface area contributed by atoms with Crippen molar-refractivity contribution in [2.24, 2.45) is 0 Å². The topological polar surface area (TPSA) is 76.0 Å². The lowest BCUT2D eigenvalue weighted by Gasteiger charge is -2.09. The van der Waals surface area contributed by atoms with Crippen LogP contribution in [-0.4, -0.2) is 21.6 Å². The van der Waals surface area contributed by atoms with E-state index in [4.69, 9.17) is 0 Å². The molecule has 26 heavy (non-hydrogen) atoms. The third-order valence-electron chi connectivity index (χ3n) is 3.79. The molecule has 0 atom stereocenters. The fraction of sp³-hybridized carbons (Fsp3) is 0.167. The van der Waals surface area contributed by atoms with Crippen molar-refractivity contribution >= 4 is 39.1 Å². The molecular formula is C18H17BrN4O2S. The summed E-state index contributed by atoms with van der Waals surface area (Å²) in [5.41, 5.74) is 7.27. The van der Waals surface area contributed by atoms with Gasteiger partial charge in [0.15, 0.2) is 0 Å². The molecule has 8 heteroatoms. The van der Waals surface area contributed by atoms with E-state index < -0.39 is 0 Å². The Kier molecular flexibility index (Phi) is 5.85.